The number of carbonyl (C=O) groups is 5. The number of alkyl carbamates (subject to hydrolysis) is 1. The predicted molar refractivity (Wildman–Crippen MR) is 203 cm³/mol. The minimum atomic E-state index is -1.21. The maximum atomic E-state index is 14.5. The second kappa shape index (κ2) is 16.4. The Kier molecular flexibility index (Phi) is 11.9. The number of carbonyl (C=O) groups excluding carboxylic acids is 5. The van der Waals surface area contributed by atoms with Crippen LogP contribution in [0.25, 0.3) is 0 Å². The summed E-state index contributed by atoms with van der Waals surface area (Å²) in [4.78, 5) is 71.8. The van der Waals surface area contributed by atoms with Crippen LogP contribution in [-0.4, -0.2) is 82.1 Å². The van der Waals surface area contributed by atoms with Gasteiger partial charge in [0.1, 0.15) is 35.1 Å². The Morgan fingerprint density at radius 1 is 1.04 bits per heavy atom. The Labute approximate surface area is 322 Å². The zero-order valence-corrected chi connectivity index (χ0v) is 32.5. The molecule has 296 valence electrons. The van der Waals surface area contributed by atoms with Crippen molar-refractivity contribution in [2.24, 2.45) is 5.92 Å². The van der Waals surface area contributed by atoms with Crippen LogP contribution < -0.4 is 16.0 Å². The van der Waals surface area contributed by atoms with Gasteiger partial charge in [-0.05, 0) is 95.0 Å². The van der Waals surface area contributed by atoms with Crippen molar-refractivity contribution < 1.29 is 37.8 Å². The van der Waals surface area contributed by atoms with Gasteiger partial charge in [0, 0.05) is 31.0 Å². The molecule has 4 unspecified atom stereocenters. The first kappa shape index (κ1) is 39.7. The lowest BCUT2D eigenvalue weighted by atomic mass is 10.0. The quantitative estimate of drug-likeness (QED) is 0.330. The third-order valence-corrected chi connectivity index (χ3v) is 11.1. The molecule has 0 bridgehead atoms. The van der Waals surface area contributed by atoms with Crippen LogP contribution in [0.1, 0.15) is 93.5 Å². The van der Waals surface area contributed by atoms with Crippen LogP contribution in [0.3, 0.4) is 0 Å². The second-order valence-electron chi connectivity index (χ2n) is 16.4. The van der Waals surface area contributed by atoms with Crippen LogP contribution in [0, 0.1) is 25.6 Å². The maximum absolute atomic E-state index is 14.5. The molecule has 4 aliphatic rings. The molecule has 3 aliphatic heterocycles. The minimum absolute atomic E-state index is 0.0252. The van der Waals surface area contributed by atoms with Crippen molar-refractivity contribution in [1.29, 1.82) is 0 Å². The highest BCUT2D eigenvalue weighted by Gasteiger charge is 2.61. The molecule has 1 aliphatic carbocycles. The highest BCUT2D eigenvalue weighted by molar-refractivity contribution is 5.98. The Bertz CT molecular complexity index is 1840. The lowest BCUT2D eigenvalue weighted by Gasteiger charge is -2.30. The number of hydrogen-bond donors (Lipinski definition) is 3. The number of fused-ring (bicyclic) bond motifs is 3. The van der Waals surface area contributed by atoms with Crippen molar-refractivity contribution in [1.82, 2.24) is 25.8 Å². The van der Waals surface area contributed by atoms with Crippen molar-refractivity contribution in [2.45, 2.75) is 128 Å². The van der Waals surface area contributed by atoms with Gasteiger partial charge >= 0.3 is 12.2 Å². The fourth-order valence-electron chi connectivity index (χ4n) is 7.78. The Morgan fingerprint density at radius 2 is 1.84 bits per heavy atom. The molecule has 0 spiro atoms. The molecule has 1 saturated heterocycles. The SMILES string of the molecule is Cc1ccc(CCNC(=O)C23CC2/C=C\CCCCCC(NC(=O)OC(C)(C)C)C(=O)N2CC(OC(=O)N4Cc5cccc(F)c5C4)C[C@H]2C(=O)N3)cc1C. The van der Waals surface area contributed by atoms with Crippen LogP contribution in [0.4, 0.5) is 14.0 Å². The van der Waals surface area contributed by atoms with Crippen LogP contribution >= 0.6 is 0 Å². The molecular weight excluding hydrogens is 705 g/mol. The van der Waals surface area contributed by atoms with Gasteiger partial charge in [-0.25, -0.2) is 14.0 Å². The number of benzene rings is 2. The van der Waals surface area contributed by atoms with Gasteiger partial charge in [0.05, 0.1) is 13.1 Å². The van der Waals surface area contributed by atoms with Crippen LogP contribution in [0.2, 0.25) is 0 Å². The van der Waals surface area contributed by atoms with Gasteiger partial charge in [-0.2, -0.15) is 0 Å². The fraction of sp³-hybridized carbons (Fsp3) is 0.548. The summed E-state index contributed by atoms with van der Waals surface area (Å²) in [6.07, 6.45) is 6.05. The van der Waals surface area contributed by atoms with Crippen LogP contribution in [0.15, 0.2) is 48.6 Å². The highest BCUT2D eigenvalue weighted by Crippen LogP contribution is 2.45. The summed E-state index contributed by atoms with van der Waals surface area (Å²) in [6, 6.07) is 8.80. The molecule has 6 rings (SSSR count). The normalized spacial score (nSPS) is 26.0. The predicted octanol–water partition coefficient (Wildman–Crippen LogP) is 5.51. The molecule has 1 saturated carbocycles. The standard InChI is InChI=1S/C42H54FN5O7/c1-26-16-17-28(20-27(26)2)18-19-44-38(51)42-22-30(42)13-9-7-6-8-10-15-34(45-39(52)55-41(3,4)5)37(50)48-24-31(21-35(48)36(49)46-42)54-40(53)47-23-29-12-11-14-33(43)32(29)25-47/h9,11-14,16-17,20,30-31,34-35H,6-8,10,15,18-19,21-25H2,1-5H3,(H,44,51)(H,45,52)(H,46,49)/b13-9-/t30?,31?,34?,35-,42?/m0/s1. The van der Waals surface area contributed by atoms with E-state index in [4.69, 9.17) is 9.47 Å². The minimum Gasteiger partial charge on any atom is -0.444 e. The number of aryl methyl sites for hydroxylation is 2. The summed E-state index contributed by atoms with van der Waals surface area (Å²) in [7, 11) is 0. The van der Waals surface area contributed by atoms with E-state index in [1.807, 2.05) is 18.2 Å². The molecule has 5 atom stereocenters. The zero-order valence-electron chi connectivity index (χ0n) is 32.5. The van der Waals surface area contributed by atoms with E-state index >= 15 is 0 Å². The zero-order chi connectivity index (χ0) is 39.5. The maximum Gasteiger partial charge on any atom is 0.410 e. The Hall–Kier alpha value is -4.94. The average molecular weight is 760 g/mol. The molecule has 5 amide bonds. The lowest BCUT2D eigenvalue weighted by Crippen LogP contribution is -2.58. The van der Waals surface area contributed by atoms with Gasteiger partial charge < -0.3 is 30.3 Å². The van der Waals surface area contributed by atoms with Gasteiger partial charge in [-0.1, -0.05) is 55.3 Å². The van der Waals surface area contributed by atoms with Crippen molar-refractivity contribution in [3.05, 3.63) is 82.2 Å². The average Bonchev–Trinajstić information content (AvgIpc) is 3.41. The summed E-state index contributed by atoms with van der Waals surface area (Å²) in [5.74, 6) is -1.99. The molecule has 3 heterocycles. The van der Waals surface area contributed by atoms with Gasteiger partial charge in [-0.15, -0.1) is 0 Å². The fourth-order valence-corrected chi connectivity index (χ4v) is 7.78. The topological polar surface area (TPSA) is 146 Å². The van der Waals surface area contributed by atoms with E-state index in [0.29, 0.717) is 43.4 Å². The Morgan fingerprint density at radius 3 is 2.58 bits per heavy atom. The lowest BCUT2D eigenvalue weighted by molar-refractivity contribution is -0.141. The number of nitrogens with one attached hydrogen (secondary N) is 3. The molecule has 0 aromatic heterocycles. The molecule has 2 aromatic rings. The first-order valence-corrected chi connectivity index (χ1v) is 19.5. The smallest absolute Gasteiger partial charge is 0.410 e. The molecule has 3 N–H and O–H groups in total. The molecular formula is C42H54FN5O7. The first-order valence-electron chi connectivity index (χ1n) is 19.5. The number of halogens is 1. The van der Waals surface area contributed by atoms with Crippen molar-refractivity contribution in [3.63, 3.8) is 0 Å². The second-order valence-corrected chi connectivity index (χ2v) is 16.4. The summed E-state index contributed by atoms with van der Waals surface area (Å²) >= 11 is 0. The van der Waals surface area contributed by atoms with Gasteiger partial charge in [0.25, 0.3) is 0 Å². The first-order chi connectivity index (χ1) is 26.1. The van der Waals surface area contributed by atoms with Crippen molar-refractivity contribution in [3.8, 4) is 0 Å². The van der Waals surface area contributed by atoms with E-state index in [-0.39, 0.29) is 37.9 Å². The van der Waals surface area contributed by atoms with E-state index in [2.05, 4.69) is 41.9 Å². The van der Waals surface area contributed by atoms with Gasteiger partial charge in [0.15, 0.2) is 0 Å². The van der Waals surface area contributed by atoms with Crippen LogP contribution in [-0.2, 0) is 43.4 Å². The van der Waals surface area contributed by atoms with E-state index in [1.165, 1.54) is 27.0 Å². The largest absolute Gasteiger partial charge is 0.444 e. The van der Waals surface area contributed by atoms with Gasteiger partial charge in [-0.3, -0.25) is 19.3 Å². The highest BCUT2D eigenvalue weighted by atomic mass is 19.1. The molecule has 55 heavy (non-hydrogen) atoms. The van der Waals surface area contributed by atoms with E-state index in [9.17, 15) is 28.4 Å². The number of amides is 5. The number of allylic oxidation sites excluding steroid dienone is 1. The molecule has 0 radical (unpaired) electrons. The van der Waals surface area contributed by atoms with Crippen LogP contribution in [0.5, 0.6) is 0 Å². The van der Waals surface area contributed by atoms with E-state index < -0.39 is 59.1 Å². The monoisotopic (exact) mass is 759 g/mol. The summed E-state index contributed by atoms with van der Waals surface area (Å²) in [6.45, 7) is 9.77. The molecule has 12 nitrogen and oxygen atoms in total. The molecule has 2 aromatic carbocycles. The third kappa shape index (κ3) is 9.48. The summed E-state index contributed by atoms with van der Waals surface area (Å²) in [5, 5.41) is 8.80. The van der Waals surface area contributed by atoms with E-state index in [0.717, 1.165) is 24.8 Å². The number of ether oxygens (including phenoxy) is 2. The van der Waals surface area contributed by atoms with Gasteiger partial charge in [0.2, 0.25) is 17.7 Å². The third-order valence-electron chi connectivity index (χ3n) is 11.1. The van der Waals surface area contributed by atoms with Crippen molar-refractivity contribution >= 4 is 29.9 Å². The summed E-state index contributed by atoms with van der Waals surface area (Å²) in [5.41, 5.74) is 2.56. The van der Waals surface area contributed by atoms with E-state index in [1.54, 1.807) is 32.9 Å². The molecule has 13 heteroatoms. The number of hydrogen-bond acceptors (Lipinski definition) is 7. The number of nitrogens with zero attached hydrogens (tertiary/aromatic N) is 2. The van der Waals surface area contributed by atoms with Crippen molar-refractivity contribution in [2.75, 3.05) is 13.1 Å². The number of rotatable bonds is 6. The molecule has 2 fully saturated rings. The Balaban J connectivity index is 1.22. The summed E-state index contributed by atoms with van der Waals surface area (Å²) < 4.78 is 25.9.